The maximum Gasteiger partial charge on any atom is 0.310 e. The van der Waals surface area contributed by atoms with E-state index in [1.165, 1.54) is 28.7 Å². The molecule has 5 heteroatoms. The zero-order valence-corrected chi connectivity index (χ0v) is 17.4. The molecule has 1 N–H and O–H groups in total. The second kappa shape index (κ2) is 7.55. The van der Waals surface area contributed by atoms with Gasteiger partial charge in [0.25, 0.3) is 0 Å². The predicted molar refractivity (Wildman–Crippen MR) is 113 cm³/mol. The van der Waals surface area contributed by atoms with Crippen molar-refractivity contribution in [2.24, 2.45) is 0 Å². The van der Waals surface area contributed by atoms with Crippen LogP contribution in [-0.4, -0.2) is 23.2 Å². The Hall–Kier alpha value is -2.40. The highest BCUT2D eigenvalue weighted by Gasteiger charge is 2.27. The zero-order chi connectivity index (χ0) is 19.8. The van der Waals surface area contributed by atoms with Gasteiger partial charge in [0.05, 0.1) is 13.0 Å². The van der Waals surface area contributed by atoms with Crippen molar-refractivity contribution in [1.82, 2.24) is 4.98 Å². The van der Waals surface area contributed by atoms with Gasteiger partial charge in [-0.25, -0.2) is 4.98 Å². The second-order valence-corrected chi connectivity index (χ2v) is 8.65. The molecule has 1 aliphatic rings. The molecule has 0 amide bonds. The maximum absolute atomic E-state index is 11.9. The van der Waals surface area contributed by atoms with E-state index in [1.54, 1.807) is 25.4 Å². The molecule has 28 heavy (non-hydrogen) atoms. The lowest BCUT2D eigenvalue weighted by Crippen LogP contribution is -2.14. The van der Waals surface area contributed by atoms with E-state index in [9.17, 15) is 9.90 Å². The molecule has 1 aliphatic carbocycles. The third-order valence-electron chi connectivity index (χ3n) is 5.76. The predicted octanol–water partition coefficient (Wildman–Crippen LogP) is 5.27. The van der Waals surface area contributed by atoms with Gasteiger partial charge < -0.3 is 9.84 Å². The normalized spacial score (nSPS) is 14.7. The van der Waals surface area contributed by atoms with Gasteiger partial charge in [-0.3, -0.25) is 4.79 Å². The molecule has 4 nitrogen and oxygen atoms in total. The average molecular weight is 396 g/mol. The molecule has 146 valence electrons. The summed E-state index contributed by atoms with van der Waals surface area (Å²) in [7, 11) is 1.67. The minimum Gasteiger partial charge on any atom is -0.497 e. The summed E-state index contributed by atoms with van der Waals surface area (Å²) in [6, 6.07) is 8.04. The van der Waals surface area contributed by atoms with Crippen molar-refractivity contribution in [1.29, 1.82) is 0 Å². The Bertz CT molecular complexity index is 1050. The van der Waals surface area contributed by atoms with Crippen LogP contribution in [0.4, 0.5) is 0 Å². The summed E-state index contributed by atoms with van der Waals surface area (Å²) in [5.74, 6) is -0.573. The quantitative estimate of drug-likeness (QED) is 0.639. The molecule has 0 saturated carbocycles. The summed E-state index contributed by atoms with van der Waals surface area (Å²) >= 11 is 1.79. The number of aromatic nitrogens is 1. The number of pyridine rings is 1. The first kappa shape index (κ1) is 18.9. The summed E-state index contributed by atoms with van der Waals surface area (Å²) in [5.41, 5.74) is 5.36. The Morgan fingerprint density at radius 1 is 1.32 bits per heavy atom. The number of fused-ring (bicyclic) bond motifs is 3. The van der Waals surface area contributed by atoms with Crippen LogP contribution < -0.4 is 4.74 Å². The lowest BCUT2D eigenvalue weighted by Gasteiger charge is -2.19. The Kier molecular flexibility index (Phi) is 5.11. The van der Waals surface area contributed by atoms with Crippen molar-refractivity contribution in [2.45, 2.75) is 51.9 Å². The lowest BCUT2D eigenvalue weighted by molar-refractivity contribution is -0.138. The van der Waals surface area contributed by atoms with Crippen LogP contribution in [0.3, 0.4) is 0 Å². The lowest BCUT2D eigenvalue weighted by atomic mass is 9.86. The van der Waals surface area contributed by atoms with Gasteiger partial charge in [-0.1, -0.05) is 12.1 Å². The number of methoxy groups -OCH3 is 1. The maximum atomic E-state index is 11.9. The number of hydrogen-bond acceptors (Lipinski definition) is 4. The number of carboxylic acids is 1. The number of carbonyl (C=O) groups is 1. The number of aryl methyl sites for hydroxylation is 3. The van der Waals surface area contributed by atoms with E-state index < -0.39 is 11.9 Å². The van der Waals surface area contributed by atoms with Gasteiger partial charge in [0.2, 0.25) is 0 Å². The minimum atomic E-state index is -0.805. The minimum absolute atomic E-state index is 0.586. The first-order valence-corrected chi connectivity index (χ1v) is 10.6. The van der Waals surface area contributed by atoms with E-state index in [0.29, 0.717) is 6.42 Å². The highest BCUT2D eigenvalue weighted by molar-refractivity contribution is 7.18. The average Bonchev–Trinajstić information content (AvgIpc) is 3.05. The van der Waals surface area contributed by atoms with E-state index in [1.807, 2.05) is 25.1 Å². The summed E-state index contributed by atoms with van der Waals surface area (Å²) in [6.07, 6.45) is 5.27. The fraction of sp³-hybridized carbons (Fsp3) is 0.391. The molecule has 4 rings (SSSR count). The molecule has 1 aromatic carbocycles. The summed E-state index contributed by atoms with van der Waals surface area (Å²) < 4.78 is 5.39. The molecule has 0 radical (unpaired) electrons. The van der Waals surface area contributed by atoms with Crippen molar-refractivity contribution in [2.75, 3.05) is 7.11 Å². The number of aliphatic carboxylic acids is 1. The van der Waals surface area contributed by atoms with Crippen molar-refractivity contribution in [3.63, 3.8) is 0 Å². The molecule has 2 heterocycles. The topological polar surface area (TPSA) is 59.4 Å². The second-order valence-electron chi connectivity index (χ2n) is 7.57. The summed E-state index contributed by atoms with van der Waals surface area (Å²) in [5, 5.41) is 11.0. The fourth-order valence-corrected chi connectivity index (χ4v) is 5.71. The third-order valence-corrected chi connectivity index (χ3v) is 6.94. The molecule has 0 fully saturated rings. The zero-order valence-electron chi connectivity index (χ0n) is 16.5. The van der Waals surface area contributed by atoms with Gasteiger partial charge in [0.15, 0.2) is 0 Å². The monoisotopic (exact) mass is 395 g/mol. The molecule has 0 aliphatic heterocycles. The van der Waals surface area contributed by atoms with Gasteiger partial charge in [-0.05, 0) is 80.3 Å². The van der Waals surface area contributed by atoms with E-state index in [2.05, 4.69) is 6.07 Å². The Morgan fingerprint density at radius 3 is 2.86 bits per heavy atom. The van der Waals surface area contributed by atoms with Crippen molar-refractivity contribution in [3.8, 4) is 5.75 Å². The number of ether oxygens (including phenoxy) is 1. The first-order chi connectivity index (χ1) is 13.5. The van der Waals surface area contributed by atoms with Crippen LogP contribution in [0.25, 0.3) is 10.2 Å². The van der Waals surface area contributed by atoms with Gasteiger partial charge in [-0.2, -0.15) is 0 Å². The molecule has 2 aromatic heterocycles. The largest absolute Gasteiger partial charge is 0.497 e. The molecule has 3 aromatic rings. The third kappa shape index (κ3) is 3.28. The highest BCUT2D eigenvalue weighted by atomic mass is 32.1. The molecule has 1 atom stereocenters. The van der Waals surface area contributed by atoms with Crippen LogP contribution in [-0.2, 0) is 24.1 Å². The standard InChI is InChI=1S/C23H25NO3S/c1-13(23(25)26)20-14(2)24-22-21(17-9-4-5-10-19(17)28-22)18(20)12-15-7-6-8-16(11-15)27-3/h6-8,11,13H,4-5,9-10,12H2,1-3H3,(H,25,26). The SMILES string of the molecule is COc1cccc(Cc2c(C(C)C(=O)O)c(C)nc3sc4c(c23)CCCC4)c1. The summed E-state index contributed by atoms with van der Waals surface area (Å²) in [6.45, 7) is 3.72. The van der Waals surface area contributed by atoms with Crippen LogP contribution in [0.5, 0.6) is 5.75 Å². The number of thiophene rings is 1. The van der Waals surface area contributed by atoms with E-state index in [4.69, 9.17) is 9.72 Å². The van der Waals surface area contributed by atoms with Crippen LogP contribution >= 0.6 is 11.3 Å². The molecule has 0 spiro atoms. The van der Waals surface area contributed by atoms with Gasteiger partial charge in [0.1, 0.15) is 10.6 Å². The van der Waals surface area contributed by atoms with Gasteiger partial charge in [0, 0.05) is 16.0 Å². The molecule has 1 unspecified atom stereocenters. The number of carboxylic acid groups (broad SMARTS) is 1. The van der Waals surface area contributed by atoms with E-state index in [-0.39, 0.29) is 0 Å². The van der Waals surface area contributed by atoms with Crippen LogP contribution in [0.1, 0.15) is 58.5 Å². The van der Waals surface area contributed by atoms with Crippen LogP contribution in [0.15, 0.2) is 24.3 Å². The Balaban J connectivity index is 1.97. The van der Waals surface area contributed by atoms with E-state index >= 15 is 0 Å². The van der Waals surface area contributed by atoms with Crippen molar-refractivity contribution < 1.29 is 14.6 Å². The molecular formula is C23H25NO3S. The van der Waals surface area contributed by atoms with Gasteiger partial charge >= 0.3 is 5.97 Å². The van der Waals surface area contributed by atoms with Gasteiger partial charge in [-0.15, -0.1) is 11.3 Å². The molecule has 0 saturated heterocycles. The number of nitrogens with zero attached hydrogens (tertiary/aromatic N) is 1. The fourth-order valence-electron chi connectivity index (χ4n) is 4.38. The first-order valence-electron chi connectivity index (χ1n) is 9.79. The number of benzene rings is 1. The Morgan fingerprint density at radius 2 is 2.11 bits per heavy atom. The highest BCUT2D eigenvalue weighted by Crippen LogP contribution is 2.41. The van der Waals surface area contributed by atoms with Crippen LogP contribution in [0.2, 0.25) is 0 Å². The Labute approximate surface area is 169 Å². The number of rotatable bonds is 5. The molecule has 0 bridgehead atoms. The summed E-state index contributed by atoms with van der Waals surface area (Å²) in [4.78, 5) is 19.2. The van der Waals surface area contributed by atoms with Crippen molar-refractivity contribution in [3.05, 3.63) is 57.1 Å². The smallest absolute Gasteiger partial charge is 0.310 e. The van der Waals surface area contributed by atoms with Crippen molar-refractivity contribution >= 4 is 27.5 Å². The molecular weight excluding hydrogens is 370 g/mol. The van der Waals surface area contributed by atoms with Crippen LogP contribution in [0, 0.1) is 6.92 Å². The number of hydrogen-bond donors (Lipinski definition) is 1. The van der Waals surface area contributed by atoms with E-state index in [0.717, 1.165) is 45.8 Å².